The second-order valence-electron chi connectivity index (χ2n) is 5.36. The molecule has 0 bridgehead atoms. The molecule has 3 rings (SSSR count). The average Bonchev–Trinajstić information content (AvgIpc) is 2.86. The van der Waals surface area contributed by atoms with Crippen LogP contribution in [0.25, 0.3) is 10.8 Å². The number of alkyl halides is 3. The zero-order valence-electron chi connectivity index (χ0n) is 13.2. The highest BCUT2D eigenvalue weighted by atomic mass is 19.4. The minimum absolute atomic E-state index is 0.233. The fraction of sp³-hybridized carbons (Fsp3) is 0.133. The average molecular weight is 367 g/mol. The van der Waals surface area contributed by atoms with Crippen molar-refractivity contribution in [3.05, 3.63) is 62.4 Å². The van der Waals surface area contributed by atoms with E-state index in [4.69, 9.17) is 0 Å². The van der Waals surface area contributed by atoms with E-state index in [2.05, 4.69) is 5.32 Å². The summed E-state index contributed by atoms with van der Waals surface area (Å²) in [5.41, 5.74) is -1.34. The van der Waals surface area contributed by atoms with Crippen LogP contribution in [0.3, 0.4) is 0 Å². The van der Waals surface area contributed by atoms with Crippen molar-refractivity contribution < 1.29 is 18.0 Å². The number of amides is 2. The molecule has 0 fully saturated rings. The lowest BCUT2D eigenvalue weighted by Gasteiger charge is -2.15. The highest BCUT2D eigenvalue weighted by Crippen LogP contribution is 2.35. The molecule has 3 aromatic rings. The number of fused-ring (bicyclic) bond motifs is 1. The Bertz CT molecular complexity index is 1100. The third kappa shape index (κ3) is 2.94. The normalized spacial score (nSPS) is 11.5. The van der Waals surface area contributed by atoms with Crippen LogP contribution in [0.15, 0.2) is 39.9 Å². The Morgan fingerprint density at radius 2 is 1.62 bits per heavy atom. The van der Waals surface area contributed by atoms with Crippen LogP contribution in [0.4, 0.5) is 23.7 Å². The third-order valence-corrected chi connectivity index (χ3v) is 3.66. The summed E-state index contributed by atoms with van der Waals surface area (Å²) in [5.74, 6) is 0. The third-order valence-electron chi connectivity index (χ3n) is 3.66. The molecule has 8 nitrogen and oxygen atoms in total. The first kappa shape index (κ1) is 17.3. The van der Waals surface area contributed by atoms with Gasteiger partial charge in [0.1, 0.15) is 0 Å². The molecule has 4 N–H and O–H groups in total. The number of H-pyrrole nitrogens is 2. The van der Waals surface area contributed by atoms with Gasteiger partial charge in [0.05, 0.1) is 16.5 Å². The quantitative estimate of drug-likeness (QED) is 0.557. The number of hydrogen-bond acceptors (Lipinski definition) is 3. The van der Waals surface area contributed by atoms with Crippen LogP contribution >= 0.6 is 0 Å². The number of urea groups is 1. The fourth-order valence-electron chi connectivity index (χ4n) is 2.62. The Hall–Kier alpha value is -3.50. The molecule has 0 saturated carbocycles. The number of carbonyl (C=O) groups is 1. The molecule has 26 heavy (non-hydrogen) atoms. The predicted molar refractivity (Wildman–Crippen MR) is 87.7 cm³/mol. The molecule has 0 unspecified atom stereocenters. The topological polar surface area (TPSA) is 112 Å². The lowest BCUT2D eigenvalue weighted by Crippen LogP contribution is -2.32. The molecular weight excluding hydrogens is 355 g/mol. The number of aromatic nitrogens is 3. The molecule has 0 saturated heterocycles. The van der Waals surface area contributed by atoms with Gasteiger partial charge in [-0.15, -0.1) is 0 Å². The molecule has 0 aliphatic rings. The Balaban J connectivity index is 2.14. The number of aromatic amines is 2. The largest absolute Gasteiger partial charge is 0.434 e. The molecular formula is C15H12F3N5O3. The van der Waals surface area contributed by atoms with Gasteiger partial charge in [-0.2, -0.15) is 13.2 Å². The first-order valence-electron chi connectivity index (χ1n) is 7.26. The van der Waals surface area contributed by atoms with E-state index in [1.807, 2.05) is 15.6 Å². The number of halogens is 3. The zero-order valence-corrected chi connectivity index (χ0v) is 13.2. The second-order valence-corrected chi connectivity index (χ2v) is 5.36. The van der Waals surface area contributed by atoms with Crippen molar-refractivity contribution in [3.8, 4) is 0 Å². The minimum atomic E-state index is -4.99. The summed E-state index contributed by atoms with van der Waals surface area (Å²) in [7, 11) is 0. The highest BCUT2D eigenvalue weighted by molar-refractivity contribution is 5.96. The summed E-state index contributed by atoms with van der Waals surface area (Å²) in [6.45, 7) is 1.19. The van der Waals surface area contributed by atoms with Gasteiger partial charge in [-0.05, 0) is 19.1 Å². The van der Waals surface area contributed by atoms with E-state index in [9.17, 15) is 27.6 Å². The summed E-state index contributed by atoms with van der Waals surface area (Å²) in [6, 6.07) is 7.07. The Morgan fingerprint density at radius 3 is 2.19 bits per heavy atom. The molecule has 2 amide bonds. The van der Waals surface area contributed by atoms with Crippen molar-refractivity contribution in [1.29, 1.82) is 0 Å². The number of nitrogens with zero attached hydrogens (tertiary/aromatic N) is 1. The lowest BCUT2D eigenvalue weighted by atomic mass is 10.2. The van der Waals surface area contributed by atoms with E-state index in [1.54, 1.807) is 30.3 Å². The van der Waals surface area contributed by atoms with E-state index < -0.39 is 39.8 Å². The number of para-hydroxylation sites is 1. The molecule has 0 atom stereocenters. The SMILES string of the molecule is Cc1c2c(=O)[nH][nH]c(=O)c2c(C(F)(F)F)n1NC(=O)Nc1ccccc1. The summed E-state index contributed by atoms with van der Waals surface area (Å²) in [4.78, 5) is 35.8. The van der Waals surface area contributed by atoms with E-state index in [-0.39, 0.29) is 5.69 Å². The molecule has 0 radical (unpaired) electrons. The maximum atomic E-state index is 13.5. The first-order valence-corrected chi connectivity index (χ1v) is 7.26. The zero-order chi connectivity index (χ0) is 19.1. The van der Waals surface area contributed by atoms with Gasteiger partial charge >= 0.3 is 12.2 Å². The fourth-order valence-corrected chi connectivity index (χ4v) is 2.62. The number of hydrogen-bond donors (Lipinski definition) is 4. The van der Waals surface area contributed by atoms with Gasteiger partial charge in [0.15, 0.2) is 5.69 Å². The standard InChI is InChI=1S/C15H12F3N5O3/c1-7-9-10(13(25)21-20-12(9)24)11(15(16,17)18)23(7)22-14(26)19-8-5-3-2-4-6-8/h2-6H,1H3,(H,20,24)(H,21,25)(H2,19,22,26). The summed E-state index contributed by atoms with van der Waals surface area (Å²) in [5, 5.41) is 4.87. The molecule has 136 valence electrons. The van der Waals surface area contributed by atoms with Crippen molar-refractivity contribution >= 4 is 22.5 Å². The summed E-state index contributed by atoms with van der Waals surface area (Å²) >= 11 is 0. The number of nitrogens with one attached hydrogen (secondary N) is 4. The number of rotatable bonds is 2. The Kier molecular flexibility index (Phi) is 4.06. The van der Waals surface area contributed by atoms with Gasteiger partial charge in [0.2, 0.25) is 0 Å². The van der Waals surface area contributed by atoms with Crippen molar-refractivity contribution in [1.82, 2.24) is 14.9 Å². The van der Waals surface area contributed by atoms with Gasteiger partial charge in [-0.1, -0.05) is 18.2 Å². The maximum Gasteiger partial charge on any atom is 0.434 e. The van der Waals surface area contributed by atoms with Gasteiger partial charge in [0, 0.05) is 5.69 Å². The predicted octanol–water partition coefficient (Wildman–Crippen LogP) is 2.12. The van der Waals surface area contributed by atoms with Gasteiger partial charge in [-0.3, -0.25) is 24.5 Å². The number of carbonyl (C=O) groups excluding carboxylic acids is 1. The number of aryl methyl sites for hydroxylation is 1. The lowest BCUT2D eigenvalue weighted by molar-refractivity contribution is -0.141. The molecule has 0 spiro atoms. The van der Waals surface area contributed by atoms with Gasteiger partial charge in [-0.25, -0.2) is 10.2 Å². The number of anilines is 1. The van der Waals surface area contributed by atoms with Crippen LogP contribution in [-0.2, 0) is 6.18 Å². The molecule has 2 heterocycles. The van der Waals surface area contributed by atoms with E-state index >= 15 is 0 Å². The van der Waals surface area contributed by atoms with Crippen LogP contribution in [0.5, 0.6) is 0 Å². The number of benzene rings is 1. The van der Waals surface area contributed by atoms with E-state index in [1.165, 1.54) is 6.92 Å². The van der Waals surface area contributed by atoms with Crippen LogP contribution in [0, 0.1) is 6.92 Å². The Morgan fingerprint density at radius 1 is 1.04 bits per heavy atom. The van der Waals surface area contributed by atoms with Crippen LogP contribution in [0.1, 0.15) is 11.4 Å². The molecule has 1 aromatic carbocycles. The minimum Gasteiger partial charge on any atom is -0.307 e. The van der Waals surface area contributed by atoms with Gasteiger partial charge < -0.3 is 5.32 Å². The van der Waals surface area contributed by atoms with Gasteiger partial charge in [0.25, 0.3) is 11.1 Å². The molecule has 0 aliphatic carbocycles. The van der Waals surface area contributed by atoms with Crippen LogP contribution < -0.4 is 21.9 Å². The van der Waals surface area contributed by atoms with Crippen LogP contribution in [-0.4, -0.2) is 20.9 Å². The van der Waals surface area contributed by atoms with Crippen molar-refractivity contribution in [2.24, 2.45) is 0 Å². The smallest absolute Gasteiger partial charge is 0.307 e. The molecule has 11 heteroatoms. The molecule has 0 aliphatic heterocycles. The second kappa shape index (κ2) is 6.10. The van der Waals surface area contributed by atoms with E-state index in [0.717, 1.165) is 0 Å². The van der Waals surface area contributed by atoms with Crippen molar-refractivity contribution in [2.75, 3.05) is 10.7 Å². The Labute approximate surface area is 142 Å². The maximum absolute atomic E-state index is 13.5. The summed E-state index contributed by atoms with van der Waals surface area (Å²) in [6.07, 6.45) is -4.99. The van der Waals surface area contributed by atoms with E-state index in [0.29, 0.717) is 10.4 Å². The monoisotopic (exact) mass is 367 g/mol. The first-order chi connectivity index (χ1) is 12.2. The molecule has 2 aromatic heterocycles. The summed E-state index contributed by atoms with van der Waals surface area (Å²) < 4.78 is 41.0. The highest BCUT2D eigenvalue weighted by Gasteiger charge is 2.40. The van der Waals surface area contributed by atoms with Crippen molar-refractivity contribution in [3.63, 3.8) is 0 Å². The van der Waals surface area contributed by atoms with Crippen LogP contribution in [0.2, 0.25) is 0 Å². The van der Waals surface area contributed by atoms with Crippen molar-refractivity contribution in [2.45, 2.75) is 13.1 Å².